The Bertz CT molecular complexity index is 631. The van der Waals surface area contributed by atoms with Crippen LogP contribution in [0.3, 0.4) is 0 Å². The van der Waals surface area contributed by atoms with Gasteiger partial charge in [-0.05, 0) is 36.7 Å². The van der Waals surface area contributed by atoms with Gasteiger partial charge in [0, 0.05) is 17.1 Å². The van der Waals surface area contributed by atoms with Gasteiger partial charge in [-0.2, -0.15) is 0 Å². The maximum Gasteiger partial charge on any atom is 0.166 e. The monoisotopic (exact) mass is 347 g/mol. The van der Waals surface area contributed by atoms with Crippen LogP contribution < -0.4 is 14.8 Å². The molecule has 0 heterocycles. The van der Waals surface area contributed by atoms with Crippen molar-refractivity contribution in [3.05, 3.63) is 58.6 Å². The van der Waals surface area contributed by atoms with Crippen molar-refractivity contribution < 1.29 is 9.47 Å². The average Bonchev–Trinajstić information content (AvgIpc) is 2.60. The van der Waals surface area contributed by atoms with Crippen LogP contribution in [-0.4, -0.2) is 13.7 Å². The summed E-state index contributed by atoms with van der Waals surface area (Å²) in [6.45, 7) is 4.46. The molecule has 0 radical (unpaired) electrons. The largest absolute Gasteiger partial charge is 0.493 e. The Morgan fingerprint density at radius 3 is 2.67 bits per heavy atom. The highest BCUT2D eigenvalue weighted by Crippen LogP contribution is 2.32. The van der Waals surface area contributed by atoms with E-state index >= 15 is 0 Å². The van der Waals surface area contributed by atoms with Crippen molar-refractivity contribution in [3.63, 3.8) is 0 Å². The molecular weight excluding hydrogens is 322 g/mol. The molecule has 3 nitrogen and oxygen atoms in total. The molecule has 130 valence electrons. The molecule has 0 unspecified atom stereocenters. The van der Waals surface area contributed by atoms with Crippen LogP contribution in [-0.2, 0) is 13.2 Å². The summed E-state index contributed by atoms with van der Waals surface area (Å²) in [5.74, 6) is 1.55. The number of rotatable bonds is 10. The van der Waals surface area contributed by atoms with Gasteiger partial charge in [0.2, 0.25) is 0 Å². The average molecular weight is 348 g/mol. The summed E-state index contributed by atoms with van der Waals surface area (Å²) in [6, 6.07) is 13.7. The summed E-state index contributed by atoms with van der Waals surface area (Å²) in [5, 5.41) is 4.20. The van der Waals surface area contributed by atoms with Crippen molar-refractivity contribution >= 4 is 11.6 Å². The van der Waals surface area contributed by atoms with E-state index < -0.39 is 0 Å². The highest BCUT2D eigenvalue weighted by Gasteiger charge is 2.11. The van der Waals surface area contributed by atoms with Gasteiger partial charge in [0.15, 0.2) is 11.5 Å². The van der Waals surface area contributed by atoms with E-state index in [4.69, 9.17) is 21.1 Å². The minimum absolute atomic E-state index is 0.462. The zero-order valence-electron chi connectivity index (χ0n) is 14.5. The molecule has 0 aliphatic carbocycles. The summed E-state index contributed by atoms with van der Waals surface area (Å²) in [7, 11) is 1.67. The van der Waals surface area contributed by atoms with Crippen LogP contribution in [0.2, 0.25) is 5.02 Å². The second kappa shape index (κ2) is 10.2. The van der Waals surface area contributed by atoms with Gasteiger partial charge >= 0.3 is 0 Å². The second-order valence-corrected chi connectivity index (χ2v) is 6.19. The van der Waals surface area contributed by atoms with Gasteiger partial charge < -0.3 is 14.8 Å². The van der Waals surface area contributed by atoms with E-state index in [0.29, 0.717) is 11.6 Å². The molecule has 4 heteroatoms. The lowest BCUT2D eigenvalue weighted by molar-refractivity contribution is 0.280. The molecule has 0 spiro atoms. The predicted molar refractivity (Wildman–Crippen MR) is 100 cm³/mol. The van der Waals surface area contributed by atoms with Crippen LogP contribution in [0.5, 0.6) is 11.5 Å². The van der Waals surface area contributed by atoms with Crippen LogP contribution in [0.15, 0.2) is 42.5 Å². The Morgan fingerprint density at radius 2 is 1.92 bits per heavy atom. The van der Waals surface area contributed by atoms with Crippen molar-refractivity contribution in [2.75, 3.05) is 13.7 Å². The summed E-state index contributed by atoms with van der Waals surface area (Å²) in [6.07, 6.45) is 3.68. The van der Waals surface area contributed by atoms with Crippen LogP contribution in [0.4, 0.5) is 0 Å². The van der Waals surface area contributed by atoms with E-state index in [-0.39, 0.29) is 0 Å². The lowest BCUT2D eigenvalue weighted by atomic mass is 10.1. The Balaban J connectivity index is 2.02. The Labute approximate surface area is 149 Å². The maximum atomic E-state index is 6.05. The summed E-state index contributed by atoms with van der Waals surface area (Å²) >= 11 is 6.04. The first-order chi connectivity index (χ1) is 11.7. The van der Waals surface area contributed by atoms with Crippen molar-refractivity contribution in [2.24, 2.45) is 0 Å². The van der Waals surface area contributed by atoms with Gasteiger partial charge in [-0.1, -0.05) is 55.6 Å². The fraction of sp³-hybridized carbons (Fsp3) is 0.400. The maximum absolute atomic E-state index is 6.05. The molecule has 0 saturated carbocycles. The molecule has 2 aromatic rings. The van der Waals surface area contributed by atoms with Crippen molar-refractivity contribution in [3.8, 4) is 11.5 Å². The lowest BCUT2D eigenvalue weighted by Gasteiger charge is -2.16. The number of ether oxygens (including phenoxy) is 2. The molecule has 0 aliphatic heterocycles. The molecule has 24 heavy (non-hydrogen) atoms. The highest BCUT2D eigenvalue weighted by atomic mass is 35.5. The number of unbranched alkanes of at least 4 members (excludes halogenated alkanes) is 2. The minimum atomic E-state index is 0.462. The van der Waals surface area contributed by atoms with E-state index in [2.05, 4.69) is 18.3 Å². The fourth-order valence-electron chi connectivity index (χ4n) is 2.53. The molecule has 2 aromatic carbocycles. The first-order valence-electron chi connectivity index (χ1n) is 8.48. The van der Waals surface area contributed by atoms with Gasteiger partial charge in [0.05, 0.1) is 7.11 Å². The number of para-hydroxylation sites is 1. The lowest BCUT2D eigenvalue weighted by Crippen LogP contribution is -2.15. The number of hydrogen-bond acceptors (Lipinski definition) is 3. The number of nitrogens with one attached hydrogen (secondary N) is 1. The molecule has 0 aliphatic rings. The van der Waals surface area contributed by atoms with E-state index in [1.165, 1.54) is 19.3 Å². The molecule has 0 fully saturated rings. The normalized spacial score (nSPS) is 10.6. The number of hydrogen-bond donors (Lipinski definition) is 1. The molecule has 2 rings (SSSR count). The topological polar surface area (TPSA) is 30.5 Å². The minimum Gasteiger partial charge on any atom is -0.493 e. The SMILES string of the molecule is CCCCCNCc1cccc(OC)c1OCc1cccc(Cl)c1. The molecule has 0 aromatic heterocycles. The van der Waals surface area contributed by atoms with Crippen molar-refractivity contribution in [1.82, 2.24) is 5.32 Å². The highest BCUT2D eigenvalue weighted by molar-refractivity contribution is 6.30. The zero-order chi connectivity index (χ0) is 17.2. The molecule has 0 amide bonds. The zero-order valence-corrected chi connectivity index (χ0v) is 15.2. The van der Waals surface area contributed by atoms with Gasteiger partial charge in [-0.15, -0.1) is 0 Å². The molecule has 1 N–H and O–H groups in total. The third kappa shape index (κ3) is 5.73. The van der Waals surface area contributed by atoms with Gasteiger partial charge in [-0.25, -0.2) is 0 Å². The summed E-state index contributed by atoms with van der Waals surface area (Å²) in [4.78, 5) is 0. The van der Waals surface area contributed by atoms with Crippen LogP contribution in [0, 0.1) is 0 Å². The van der Waals surface area contributed by atoms with Crippen LogP contribution in [0.1, 0.15) is 37.3 Å². The Morgan fingerprint density at radius 1 is 1.08 bits per heavy atom. The summed E-state index contributed by atoms with van der Waals surface area (Å²) < 4.78 is 11.5. The van der Waals surface area contributed by atoms with Gasteiger partial charge in [-0.3, -0.25) is 0 Å². The number of benzene rings is 2. The predicted octanol–water partition coefficient (Wildman–Crippen LogP) is 5.21. The Kier molecular flexibility index (Phi) is 7.93. The fourth-order valence-corrected chi connectivity index (χ4v) is 2.74. The van der Waals surface area contributed by atoms with Crippen LogP contribution in [0.25, 0.3) is 0 Å². The van der Waals surface area contributed by atoms with Gasteiger partial charge in [0.1, 0.15) is 6.61 Å². The van der Waals surface area contributed by atoms with Gasteiger partial charge in [0.25, 0.3) is 0 Å². The number of halogens is 1. The first kappa shape index (κ1) is 18.6. The molecular formula is C20H26ClNO2. The second-order valence-electron chi connectivity index (χ2n) is 5.75. The summed E-state index contributed by atoms with van der Waals surface area (Å²) in [5.41, 5.74) is 2.14. The quantitative estimate of drug-likeness (QED) is 0.598. The Hall–Kier alpha value is -1.71. The first-order valence-corrected chi connectivity index (χ1v) is 8.86. The molecule has 0 saturated heterocycles. The smallest absolute Gasteiger partial charge is 0.166 e. The van der Waals surface area contributed by atoms with Crippen molar-refractivity contribution in [1.29, 1.82) is 0 Å². The standard InChI is InChI=1S/C20H26ClNO2/c1-3-4-5-12-22-14-17-9-7-11-19(23-2)20(17)24-15-16-8-6-10-18(21)13-16/h6-11,13,22H,3-5,12,14-15H2,1-2H3. The number of methoxy groups -OCH3 is 1. The van der Waals surface area contributed by atoms with E-state index in [1.54, 1.807) is 7.11 Å². The van der Waals surface area contributed by atoms with Crippen LogP contribution >= 0.6 is 11.6 Å². The van der Waals surface area contributed by atoms with Crippen molar-refractivity contribution in [2.45, 2.75) is 39.3 Å². The third-order valence-electron chi connectivity index (χ3n) is 3.83. The van der Waals surface area contributed by atoms with E-state index in [1.807, 2.05) is 36.4 Å². The van der Waals surface area contributed by atoms with E-state index in [9.17, 15) is 0 Å². The third-order valence-corrected chi connectivity index (χ3v) is 4.06. The van der Waals surface area contributed by atoms with E-state index in [0.717, 1.165) is 35.7 Å². The molecule has 0 bridgehead atoms. The molecule has 0 atom stereocenters.